The normalized spacial score (nSPS) is 14.5. The second-order valence-electron chi connectivity index (χ2n) is 10.9. The molecule has 0 heterocycles. The molecule has 1 N–H and O–H groups in total. The number of anilines is 1. The van der Waals surface area contributed by atoms with Crippen molar-refractivity contribution in [1.82, 2.24) is 10.2 Å². The van der Waals surface area contributed by atoms with Gasteiger partial charge in [-0.2, -0.15) is 0 Å². The summed E-state index contributed by atoms with van der Waals surface area (Å²) in [5.41, 5.74) is 2.11. The van der Waals surface area contributed by atoms with Gasteiger partial charge in [-0.15, -0.1) is 0 Å². The van der Waals surface area contributed by atoms with Gasteiger partial charge in [0.25, 0.3) is 10.0 Å². The monoisotopic (exact) mass is 625 g/mol. The third kappa shape index (κ3) is 8.30. The van der Waals surface area contributed by atoms with E-state index >= 15 is 0 Å². The van der Waals surface area contributed by atoms with E-state index in [0.717, 1.165) is 47.5 Å². The molecular weight excluding hydrogens is 586 g/mol. The lowest BCUT2D eigenvalue weighted by atomic mass is 9.95. The van der Waals surface area contributed by atoms with Gasteiger partial charge in [0.15, 0.2) is 0 Å². The van der Waals surface area contributed by atoms with Crippen LogP contribution in [-0.2, 0) is 26.2 Å². The van der Waals surface area contributed by atoms with E-state index in [1.54, 1.807) is 30.3 Å². The minimum atomic E-state index is -4.21. The lowest BCUT2D eigenvalue weighted by Gasteiger charge is -2.34. The molecule has 1 atom stereocenters. The zero-order valence-electron chi connectivity index (χ0n) is 25.0. The van der Waals surface area contributed by atoms with Gasteiger partial charge in [-0.05, 0) is 74.2 Å². The summed E-state index contributed by atoms with van der Waals surface area (Å²) in [5.74, 6) is -0.213. The molecule has 8 nitrogen and oxygen atoms in total. The third-order valence-electron chi connectivity index (χ3n) is 7.80. The molecule has 43 heavy (non-hydrogen) atoms. The number of carbonyl (C=O) groups excluding carboxylic acids is 2. The molecule has 4 rings (SSSR count). The minimum Gasteiger partial charge on any atom is -0.497 e. The van der Waals surface area contributed by atoms with E-state index in [4.69, 9.17) is 16.3 Å². The summed E-state index contributed by atoms with van der Waals surface area (Å²) in [7, 11) is -2.71. The van der Waals surface area contributed by atoms with Crippen LogP contribution in [0.3, 0.4) is 0 Å². The standard InChI is InChI=1S/C33H40ClN3O5S/c1-4-31(33(39)35-27-13-6-5-7-14-27)36(22-25-11-8-10-24(2)20-25)32(38)23-37(28-15-9-12-26(34)21-28)43(40,41)30-18-16-29(42-3)17-19-30/h8-12,15-21,27,31H,4-7,13-14,22-23H2,1-3H3,(H,35,39). The fourth-order valence-corrected chi connectivity index (χ4v) is 7.10. The van der Waals surface area contributed by atoms with Gasteiger partial charge in [0.1, 0.15) is 18.3 Å². The fourth-order valence-electron chi connectivity index (χ4n) is 5.51. The fraction of sp³-hybridized carbons (Fsp3) is 0.394. The number of ether oxygens (including phenoxy) is 1. The molecule has 0 bridgehead atoms. The zero-order chi connectivity index (χ0) is 31.0. The summed E-state index contributed by atoms with van der Waals surface area (Å²) in [6, 6.07) is 19.4. The molecule has 0 radical (unpaired) electrons. The highest BCUT2D eigenvalue weighted by atomic mass is 35.5. The molecule has 1 unspecified atom stereocenters. The van der Waals surface area contributed by atoms with Crippen molar-refractivity contribution >= 4 is 39.1 Å². The van der Waals surface area contributed by atoms with Gasteiger partial charge >= 0.3 is 0 Å². The van der Waals surface area contributed by atoms with Crippen molar-refractivity contribution < 1.29 is 22.7 Å². The minimum absolute atomic E-state index is 0.00612. The molecule has 0 aromatic heterocycles. The van der Waals surface area contributed by atoms with Gasteiger partial charge in [-0.25, -0.2) is 8.42 Å². The summed E-state index contributed by atoms with van der Waals surface area (Å²) in [6.45, 7) is 3.46. The largest absolute Gasteiger partial charge is 0.497 e. The van der Waals surface area contributed by atoms with Crippen LogP contribution in [0.2, 0.25) is 5.02 Å². The van der Waals surface area contributed by atoms with Crippen LogP contribution >= 0.6 is 11.6 Å². The van der Waals surface area contributed by atoms with Crippen LogP contribution in [0.4, 0.5) is 5.69 Å². The van der Waals surface area contributed by atoms with Crippen molar-refractivity contribution in [1.29, 1.82) is 0 Å². The molecule has 0 spiro atoms. The highest BCUT2D eigenvalue weighted by molar-refractivity contribution is 7.92. The van der Waals surface area contributed by atoms with Crippen molar-refractivity contribution in [3.05, 3.63) is 88.9 Å². The second kappa shape index (κ2) is 14.8. The maximum atomic E-state index is 14.3. The van der Waals surface area contributed by atoms with Gasteiger partial charge in [-0.1, -0.05) is 73.7 Å². The summed E-state index contributed by atoms with van der Waals surface area (Å²) in [6.07, 6.45) is 5.48. The van der Waals surface area contributed by atoms with Crippen LogP contribution in [0.15, 0.2) is 77.7 Å². The average molecular weight is 626 g/mol. The number of sulfonamides is 1. The highest BCUT2D eigenvalue weighted by Crippen LogP contribution is 2.28. The molecule has 1 aliphatic carbocycles. The Morgan fingerprint density at radius 1 is 1.00 bits per heavy atom. The van der Waals surface area contributed by atoms with Crippen molar-refractivity contribution in [2.45, 2.75) is 75.9 Å². The maximum absolute atomic E-state index is 14.3. The molecule has 0 saturated heterocycles. The predicted octanol–water partition coefficient (Wildman–Crippen LogP) is 6.11. The number of carbonyl (C=O) groups is 2. The van der Waals surface area contributed by atoms with Gasteiger partial charge in [0, 0.05) is 17.6 Å². The molecular formula is C33H40ClN3O5S. The van der Waals surface area contributed by atoms with E-state index in [2.05, 4.69) is 5.32 Å². The Kier molecular flexibility index (Phi) is 11.1. The van der Waals surface area contributed by atoms with E-state index in [1.165, 1.54) is 30.2 Å². The number of halogens is 1. The van der Waals surface area contributed by atoms with Crippen LogP contribution in [0.1, 0.15) is 56.6 Å². The summed E-state index contributed by atoms with van der Waals surface area (Å²) in [5, 5.41) is 3.50. The SMILES string of the molecule is CCC(C(=O)NC1CCCCC1)N(Cc1cccc(C)c1)C(=O)CN(c1cccc(Cl)c1)S(=O)(=O)c1ccc(OC)cc1. The van der Waals surface area contributed by atoms with Crippen LogP contribution in [0.25, 0.3) is 0 Å². The Morgan fingerprint density at radius 3 is 2.33 bits per heavy atom. The van der Waals surface area contributed by atoms with E-state index in [0.29, 0.717) is 17.2 Å². The van der Waals surface area contributed by atoms with Crippen molar-refractivity contribution in [2.24, 2.45) is 0 Å². The highest BCUT2D eigenvalue weighted by Gasteiger charge is 2.34. The first-order chi connectivity index (χ1) is 20.6. The number of benzene rings is 3. The molecule has 1 saturated carbocycles. The van der Waals surface area contributed by atoms with Crippen LogP contribution < -0.4 is 14.4 Å². The molecule has 1 aliphatic rings. The quantitative estimate of drug-likeness (QED) is 0.262. The molecule has 3 aromatic carbocycles. The number of methoxy groups -OCH3 is 1. The van der Waals surface area contributed by atoms with Gasteiger partial charge < -0.3 is 15.0 Å². The Bertz CT molecular complexity index is 1510. The third-order valence-corrected chi connectivity index (χ3v) is 9.82. The Balaban J connectivity index is 1.71. The van der Waals surface area contributed by atoms with Gasteiger partial charge in [0.05, 0.1) is 17.7 Å². The predicted molar refractivity (Wildman–Crippen MR) is 170 cm³/mol. The average Bonchev–Trinajstić information content (AvgIpc) is 3.00. The summed E-state index contributed by atoms with van der Waals surface area (Å²) < 4.78 is 34.3. The Hall–Kier alpha value is -3.56. The number of rotatable bonds is 12. The number of amides is 2. The van der Waals surface area contributed by atoms with E-state index in [1.807, 2.05) is 38.1 Å². The molecule has 2 amide bonds. The number of aryl methyl sites for hydroxylation is 1. The first kappa shape index (κ1) is 32.4. The number of nitrogens with zero attached hydrogens (tertiary/aromatic N) is 2. The van der Waals surface area contributed by atoms with Gasteiger partial charge in [0.2, 0.25) is 11.8 Å². The lowest BCUT2D eigenvalue weighted by Crippen LogP contribution is -2.54. The smallest absolute Gasteiger partial charge is 0.264 e. The Labute approximate surface area is 260 Å². The summed E-state index contributed by atoms with van der Waals surface area (Å²) in [4.78, 5) is 29.4. The zero-order valence-corrected chi connectivity index (χ0v) is 26.5. The first-order valence-electron chi connectivity index (χ1n) is 14.7. The molecule has 230 valence electrons. The Morgan fingerprint density at radius 2 is 1.70 bits per heavy atom. The van der Waals surface area contributed by atoms with E-state index in [-0.39, 0.29) is 29.1 Å². The van der Waals surface area contributed by atoms with Crippen LogP contribution in [0.5, 0.6) is 5.75 Å². The first-order valence-corrected chi connectivity index (χ1v) is 16.5. The molecule has 1 fully saturated rings. The number of hydrogen-bond donors (Lipinski definition) is 1. The van der Waals surface area contributed by atoms with E-state index < -0.39 is 28.5 Å². The van der Waals surface area contributed by atoms with Gasteiger partial charge in [-0.3, -0.25) is 13.9 Å². The maximum Gasteiger partial charge on any atom is 0.264 e. The van der Waals surface area contributed by atoms with Crippen LogP contribution in [0, 0.1) is 6.92 Å². The van der Waals surface area contributed by atoms with Crippen molar-refractivity contribution in [3.8, 4) is 5.75 Å². The topological polar surface area (TPSA) is 96.0 Å². The lowest BCUT2D eigenvalue weighted by molar-refractivity contribution is -0.140. The summed E-state index contributed by atoms with van der Waals surface area (Å²) >= 11 is 6.27. The molecule has 0 aliphatic heterocycles. The second-order valence-corrected chi connectivity index (χ2v) is 13.2. The molecule has 3 aromatic rings. The van der Waals surface area contributed by atoms with E-state index in [9.17, 15) is 18.0 Å². The van der Waals surface area contributed by atoms with Crippen molar-refractivity contribution in [3.63, 3.8) is 0 Å². The molecule has 10 heteroatoms. The van der Waals surface area contributed by atoms with Crippen molar-refractivity contribution in [2.75, 3.05) is 18.0 Å². The van der Waals surface area contributed by atoms with Crippen LogP contribution in [-0.4, -0.2) is 50.9 Å². The number of nitrogens with one attached hydrogen (secondary N) is 1. The number of hydrogen-bond acceptors (Lipinski definition) is 5.